The molecule has 0 spiro atoms. The van der Waals surface area contributed by atoms with Crippen LogP contribution in [0.4, 0.5) is 32.1 Å². The summed E-state index contributed by atoms with van der Waals surface area (Å²) in [6, 6.07) is 15.8. The monoisotopic (exact) mass is 668 g/mol. The molecule has 3 amide bonds. The number of ether oxygens (including phenoxy) is 3. The van der Waals surface area contributed by atoms with Crippen LogP contribution in [0.1, 0.15) is 34.5 Å². The van der Waals surface area contributed by atoms with Crippen LogP contribution in [-0.2, 0) is 0 Å². The van der Waals surface area contributed by atoms with Gasteiger partial charge in [-0.05, 0) is 80.9 Å². The number of nitrogens with one attached hydrogen (secondary N) is 2. The molecule has 0 bridgehead atoms. The SMILES string of the molecule is COc1cc(NC(=O)c2sc3ncnc4c3c2NC(=O)N4c2ccc(Oc3cccc(F)c3)c(C)c2)ccc1OCCN1CCCCC1. The summed E-state index contributed by atoms with van der Waals surface area (Å²) in [4.78, 5) is 40.7. The number of aryl methyl sites for hydroxylation is 1. The zero-order valence-electron chi connectivity index (χ0n) is 26.4. The third-order valence-electron chi connectivity index (χ3n) is 8.30. The van der Waals surface area contributed by atoms with Crippen LogP contribution in [0.15, 0.2) is 67.0 Å². The van der Waals surface area contributed by atoms with Crippen LogP contribution in [0, 0.1) is 12.7 Å². The number of carbonyl (C=O) groups is 2. The predicted molar refractivity (Wildman–Crippen MR) is 183 cm³/mol. The third kappa shape index (κ3) is 6.34. The number of rotatable bonds is 10. The van der Waals surface area contributed by atoms with Gasteiger partial charge < -0.3 is 24.8 Å². The molecule has 0 radical (unpaired) electrons. The highest BCUT2D eigenvalue weighted by Crippen LogP contribution is 2.45. The number of urea groups is 1. The van der Waals surface area contributed by atoms with Gasteiger partial charge in [0, 0.05) is 24.4 Å². The van der Waals surface area contributed by atoms with E-state index < -0.39 is 17.8 Å². The van der Waals surface area contributed by atoms with Crippen molar-refractivity contribution in [1.29, 1.82) is 0 Å². The first-order valence-corrected chi connectivity index (χ1v) is 16.5. The molecule has 4 heterocycles. The highest BCUT2D eigenvalue weighted by atomic mass is 32.1. The van der Waals surface area contributed by atoms with E-state index in [1.165, 1.54) is 42.6 Å². The number of amides is 3. The molecule has 2 aliphatic rings. The summed E-state index contributed by atoms with van der Waals surface area (Å²) < 4.78 is 31.1. The minimum Gasteiger partial charge on any atom is -0.493 e. The Bertz CT molecular complexity index is 2010. The first kappa shape index (κ1) is 31.3. The third-order valence-corrected chi connectivity index (χ3v) is 9.39. The molecule has 11 nitrogen and oxygen atoms in total. The van der Waals surface area contributed by atoms with Crippen molar-refractivity contribution in [1.82, 2.24) is 14.9 Å². The van der Waals surface area contributed by atoms with E-state index in [1.54, 1.807) is 55.6 Å². The second kappa shape index (κ2) is 13.5. The highest BCUT2D eigenvalue weighted by molar-refractivity contribution is 7.21. The van der Waals surface area contributed by atoms with Gasteiger partial charge in [-0.25, -0.2) is 24.1 Å². The van der Waals surface area contributed by atoms with Crippen molar-refractivity contribution in [2.75, 3.05) is 48.9 Å². The van der Waals surface area contributed by atoms with Gasteiger partial charge in [-0.1, -0.05) is 12.5 Å². The molecule has 2 aliphatic heterocycles. The number of nitrogens with zero attached hydrogens (tertiary/aromatic N) is 4. The number of methoxy groups -OCH3 is 1. The van der Waals surface area contributed by atoms with Crippen molar-refractivity contribution >= 4 is 56.4 Å². The molecule has 246 valence electrons. The Labute approximate surface area is 280 Å². The number of hydrogen-bond donors (Lipinski definition) is 2. The Morgan fingerprint density at radius 1 is 1.02 bits per heavy atom. The van der Waals surface area contributed by atoms with E-state index in [1.807, 2.05) is 6.92 Å². The first-order valence-electron chi connectivity index (χ1n) is 15.6. The van der Waals surface area contributed by atoms with Crippen molar-refractivity contribution in [2.24, 2.45) is 0 Å². The van der Waals surface area contributed by atoms with Crippen LogP contribution in [0.5, 0.6) is 23.0 Å². The van der Waals surface area contributed by atoms with Gasteiger partial charge in [0.1, 0.15) is 40.0 Å². The maximum Gasteiger partial charge on any atom is 0.332 e. The molecule has 48 heavy (non-hydrogen) atoms. The fraction of sp³-hybridized carbons (Fsp3) is 0.257. The van der Waals surface area contributed by atoms with Crippen molar-refractivity contribution in [3.8, 4) is 23.0 Å². The quantitative estimate of drug-likeness (QED) is 0.155. The smallest absolute Gasteiger partial charge is 0.332 e. The van der Waals surface area contributed by atoms with Crippen LogP contribution in [0.3, 0.4) is 0 Å². The standard InChI is InChI=1S/C35H33FN6O5S/c1-21-17-24(10-12-26(21)47-25-8-6-7-22(36)18-25)42-32-29-30(40-35(42)44)31(48-34(29)38-20-37-32)33(43)39-23-9-11-27(28(19-23)45-2)46-16-15-41-13-4-3-5-14-41/h6-12,17-20H,3-5,13-16H2,1-2H3,(H,39,43)(H,40,44). The summed E-state index contributed by atoms with van der Waals surface area (Å²) in [5.74, 6) is 1.50. The van der Waals surface area contributed by atoms with Gasteiger partial charge in [0.15, 0.2) is 17.3 Å². The van der Waals surface area contributed by atoms with E-state index in [2.05, 4.69) is 25.5 Å². The topological polar surface area (TPSA) is 118 Å². The van der Waals surface area contributed by atoms with Crippen molar-refractivity contribution in [3.63, 3.8) is 0 Å². The number of halogens is 1. The lowest BCUT2D eigenvalue weighted by Gasteiger charge is -2.27. The molecule has 7 rings (SSSR count). The van der Waals surface area contributed by atoms with Gasteiger partial charge in [-0.3, -0.25) is 9.69 Å². The van der Waals surface area contributed by atoms with Crippen LogP contribution in [-0.4, -0.2) is 60.2 Å². The molecule has 0 aliphatic carbocycles. The summed E-state index contributed by atoms with van der Waals surface area (Å²) in [6.07, 6.45) is 5.10. The highest BCUT2D eigenvalue weighted by Gasteiger charge is 2.34. The summed E-state index contributed by atoms with van der Waals surface area (Å²) in [5.41, 5.74) is 2.11. The van der Waals surface area contributed by atoms with E-state index in [-0.39, 0.29) is 4.88 Å². The molecule has 2 N–H and O–H groups in total. The Kier molecular flexibility index (Phi) is 8.78. The van der Waals surface area contributed by atoms with Crippen LogP contribution in [0.25, 0.3) is 10.2 Å². The molecule has 3 aromatic carbocycles. The molecule has 13 heteroatoms. The minimum absolute atomic E-state index is 0.288. The second-order valence-electron chi connectivity index (χ2n) is 11.5. The average Bonchev–Trinajstić information content (AvgIpc) is 3.46. The van der Waals surface area contributed by atoms with Crippen molar-refractivity contribution < 1.29 is 28.2 Å². The van der Waals surface area contributed by atoms with E-state index in [9.17, 15) is 14.0 Å². The number of aromatic nitrogens is 2. The fourth-order valence-electron chi connectivity index (χ4n) is 5.93. The summed E-state index contributed by atoms with van der Waals surface area (Å²) in [7, 11) is 1.56. The molecule has 1 saturated heterocycles. The van der Waals surface area contributed by atoms with E-state index in [4.69, 9.17) is 14.2 Å². The summed E-state index contributed by atoms with van der Waals surface area (Å²) in [5, 5.41) is 6.36. The number of benzene rings is 3. The number of hydrogen-bond acceptors (Lipinski definition) is 9. The summed E-state index contributed by atoms with van der Waals surface area (Å²) >= 11 is 1.16. The number of likely N-dealkylation sites (tertiary alicyclic amines) is 1. The predicted octanol–water partition coefficient (Wildman–Crippen LogP) is 7.74. The van der Waals surface area contributed by atoms with Crippen molar-refractivity contribution in [2.45, 2.75) is 26.2 Å². The molecule has 5 aromatic rings. The molecule has 1 fully saturated rings. The largest absolute Gasteiger partial charge is 0.493 e. The van der Waals surface area contributed by atoms with Crippen molar-refractivity contribution in [3.05, 3.63) is 83.2 Å². The maximum atomic E-state index is 13.7. The van der Waals surface area contributed by atoms with Gasteiger partial charge in [-0.2, -0.15) is 0 Å². The second-order valence-corrected chi connectivity index (χ2v) is 12.5. The van der Waals surface area contributed by atoms with E-state index in [0.717, 1.165) is 36.5 Å². The lowest BCUT2D eigenvalue weighted by Crippen LogP contribution is -2.35. The van der Waals surface area contributed by atoms with E-state index in [0.29, 0.717) is 62.7 Å². The Hall–Kier alpha value is -5.27. The maximum absolute atomic E-state index is 13.7. The Morgan fingerprint density at radius 3 is 2.65 bits per heavy atom. The van der Waals surface area contributed by atoms with Gasteiger partial charge in [0.05, 0.1) is 23.9 Å². The fourth-order valence-corrected chi connectivity index (χ4v) is 6.92. The lowest BCUT2D eigenvalue weighted by molar-refractivity contribution is 0.103. The Morgan fingerprint density at radius 2 is 1.85 bits per heavy atom. The molecule has 2 aromatic heterocycles. The van der Waals surface area contributed by atoms with Gasteiger partial charge >= 0.3 is 6.03 Å². The van der Waals surface area contributed by atoms with Gasteiger partial charge in [0.25, 0.3) is 5.91 Å². The number of piperidine rings is 1. The number of thiophene rings is 1. The molecular formula is C35H33FN6O5S. The molecule has 0 unspecified atom stereocenters. The minimum atomic E-state index is -0.485. The van der Waals surface area contributed by atoms with Crippen LogP contribution in [0.2, 0.25) is 0 Å². The Balaban J connectivity index is 1.10. The number of anilines is 4. The zero-order chi connectivity index (χ0) is 33.2. The molecule has 0 saturated carbocycles. The zero-order valence-corrected chi connectivity index (χ0v) is 27.2. The lowest BCUT2D eigenvalue weighted by atomic mass is 10.1. The van der Waals surface area contributed by atoms with Crippen LogP contribution >= 0.6 is 11.3 Å². The van der Waals surface area contributed by atoms with Crippen LogP contribution < -0.4 is 29.7 Å². The normalized spacial score (nSPS) is 14.5. The van der Waals surface area contributed by atoms with Gasteiger partial charge in [-0.15, -0.1) is 11.3 Å². The molecular weight excluding hydrogens is 635 g/mol. The number of carbonyl (C=O) groups excluding carboxylic acids is 2. The summed E-state index contributed by atoms with van der Waals surface area (Å²) in [6.45, 7) is 5.41. The average molecular weight is 669 g/mol. The molecule has 0 atom stereocenters. The van der Waals surface area contributed by atoms with E-state index >= 15 is 0 Å². The van der Waals surface area contributed by atoms with Gasteiger partial charge in [0.2, 0.25) is 0 Å². The first-order chi connectivity index (χ1) is 23.4.